The minimum atomic E-state index is -0.334. The first-order chi connectivity index (χ1) is 16.2. The molecule has 5 nitrogen and oxygen atoms in total. The summed E-state index contributed by atoms with van der Waals surface area (Å²) in [5, 5.41) is -0.252. The van der Waals surface area contributed by atoms with E-state index >= 15 is 0 Å². The summed E-state index contributed by atoms with van der Waals surface area (Å²) in [6.45, 7) is 8.24. The second kappa shape index (κ2) is 9.94. The molecule has 1 atom stereocenters. The van der Waals surface area contributed by atoms with Crippen molar-refractivity contribution in [3.63, 3.8) is 0 Å². The van der Waals surface area contributed by atoms with Crippen LogP contribution in [-0.2, 0) is 22.5 Å². The molecule has 34 heavy (non-hydrogen) atoms. The number of fused-ring (bicyclic) bond motifs is 1. The number of rotatable bonds is 6. The Bertz CT molecular complexity index is 1200. The number of esters is 1. The fourth-order valence-electron chi connectivity index (χ4n) is 4.28. The average molecular weight is 475 g/mol. The van der Waals surface area contributed by atoms with Crippen LogP contribution in [0.5, 0.6) is 0 Å². The highest BCUT2D eigenvalue weighted by molar-refractivity contribution is 8.01. The Labute approximate surface area is 205 Å². The van der Waals surface area contributed by atoms with Gasteiger partial charge in [0, 0.05) is 10.6 Å². The minimum absolute atomic E-state index is 0.0858. The number of benzene rings is 3. The van der Waals surface area contributed by atoms with Crippen LogP contribution in [-0.4, -0.2) is 23.2 Å². The van der Waals surface area contributed by atoms with Crippen LogP contribution < -0.4 is 10.6 Å². The van der Waals surface area contributed by atoms with Gasteiger partial charge in [0.05, 0.1) is 29.1 Å². The third-order valence-corrected chi connectivity index (χ3v) is 7.21. The molecule has 0 fully saturated rings. The lowest BCUT2D eigenvalue weighted by atomic mass is 10.00. The van der Waals surface area contributed by atoms with Crippen LogP contribution in [0, 0.1) is 13.8 Å². The number of thioether (sulfide) groups is 1. The summed E-state index contributed by atoms with van der Waals surface area (Å²) in [5.41, 5.74) is 12.5. The van der Waals surface area contributed by atoms with Gasteiger partial charge in [-0.3, -0.25) is 4.79 Å². The summed E-state index contributed by atoms with van der Waals surface area (Å²) >= 11 is 1.60. The summed E-state index contributed by atoms with van der Waals surface area (Å²) in [6.07, 6.45) is 0.413. The molecule has 4 rings (SSSR count). The summed E-state index contributed by atoms with van der Waals surface area (Å²) in [6, 6.07) is 19.3. The molecule has 1 heterocycles. The maximum absolute atomic E-state index is 13.7. The van der Waals surface area contributed by atoms with E-state index in [0.29, 0.717) is 18.5 Å². The number of carbonyl (C=O) groups is 2. The summed E-state index contributed by atoms with van der Waals surface area (Å²) in [5.74, 6) is -0.248. The summed E-state index contributed by atoms with van der Waals surface area (Å²) in [4.78, 5) is 28.8. The van der Waals surface area contributed by atoms with E-state index in [1.54, 1.807) is 23.9 Å². The number of nitrogens with two attached hydrogens (primary N) is 1. The van der Waals surface area contributed by atoms with Crippen LogP contribution >= 0.6 is 11.8 Å². The van der Waals surface area contributed by atoms with E-state index in [1.165, 1.54) is 0 Å². The van der Waals surface area contributed by atoms with Crippen LogP contribution in [0.3, 0.4) is 0 Å². The number of carbonyl (C=O) groups excluding carboxylic acids is 2. The zero-order valence-electron chi connectivity index (χ0n) is 20.0. The molecular weight excluding hydrogens is 444 g/mol. The molecule has 1 unspecified atom stereocenters. The van der Waals surface area contributed by atoms with Crippen molar-refractivity contribution in [2.24, 2.45) is 0 Å². The predicted octanol–water partition coefficient (Wildman–Crippen LogP) is 5.70. The molecule has 3 aromatic carbocycles. The molecule has 2 N–H and O–H groups in total. The standard InChI is InChI=1S/C28H30N2O3S/c1-17(2)33-28(32)21-11-9-20(10-12-21)15-26-27(31)30(24-7-5-6-8-25(24)34-26)16-23-18(3)13-22(29)14-19(23)4/h5-14,17,26H,15-16,29H2,1-4H3. The van der Waals surface area contributed by atoms with Gasteiger partial charge in [-0.1, -0.05) is 24.3 Å². The number of ether oxygens (including phenoxy) is 1. The second-order valence-electron chi connectivity index (χ2n) is 8.99. The Morgan fingerprint density at radius 3 is 2.35 bits per heavy atom. The number of nitrogens with zero attached hydrogens (tertiary/aromatic N) is 1. The van der Waals surface area contributed by atoms with Gasteiger partial charge < -0.3 is 15.4 Å². The third kappa shape index (κ3) is 5.12. The van der Waals surface area contributed by atoms with Gasteiger partial charge >= 0.3 is 5.97 Å². The number of para-hydroxylation sites is 1. The number of nitrogen functional groups attached to an aromatic ring is 1. The first kappa shape index (κ1) is 23.9. The van der Waals surface area contributed by atoms with Crippen LogP contribution in [0.15, 0.2) is 65.6 Å². The second-order valence-corrected chi connectivity index (χ2v) is 10.2. The molecule has 1 aliphatic rings. The Balaban J connectivity index is 1.59. The Morgan fingerprint density at radius 1 is 1.06 bits per heavy atom. The summed E-state index contributed by atoms with van der Waals surface area (Å²) in [7, 11) is 0. The lowest BCUT2D eigenvalue weighted by Gasteiger charge is -2.34. The quantitative estimate of drug-likeness (QED) is 0.366. The van der Waals surface area contributed by atoms with Crippen LogP contribution in [0.4, 0.5) is 11.4 Å². The molecular formula is C28H30N2O3S. The van der Waals surface area contributed by atoms with Crippen LogP contribution in [0.25, 0.3) is 0 Å². The Morgan fingerprint density at radius 2 is 1.71 bits per heavy atom. The van der Waals surface area contributed by atoms with Crippen molar-refractivity contribution in [3.8, 4) is 0 Å². The third-order valence-electron chi connectivity index (χ3n) is 5.95. The van der Waals surface area contributed by atoms with Crippen molar-refractivity contribution in [3.05, 3.63) is 88.5 Å². The molecule has 0 aromatic heterocycles. The molecule has 0 spiro atoms. The Kier molecular flexibility index (Phi) is 6.98. The van der Waals surface area contributed by atoms with Gasteiger partial charge in [-0.25, -0.2) is 4.79 Å². The van der Waals surface area contributed by atoms with E-state index in [1.807, 2.05) is 75.1 Å². The maximum Gasteiger partial charge on any atom is 0.338 e. The number of aryl methyl sites for hydroxylation is 2. The molecule has 3 aromatic rings. The van der Waals surface area contributed by atoms with Gasteiger partial charge in [0.1, 0.15) is 0 Å². The molecule has 0 aliphatic carbocycles. The largest absolute Gasteiger partial charge is 0.459 e. The number of hydrogen-bond donors (Lipinski definition) is 1. The highest BCUT2D eigenvalue weighted by atomic mass is 32.2. The number of amides is 1. The topological polar surface area (TPSA) is 72.6 Å². The van der Waals surface area contributed by atoms with E-state index in [0.717, 1.165) is 38.5 Å². The zero-order valence-corrected chi connectivity index (χ0v) is 20.8. The molecule has 0 bridgehead atoms. The van der Waals surface area contributed by atoms with Gasteiger partial charge in [-0.05, 0) is 92.8 Å². The first-order valence-electron chi connectivity index (χ1n) is 11.5. The average Bonchev–Trinajstić information content (AvgIpc) is 2.78. The maximum atomic E-state index is 13.7. The highest BCUT2D eigenvalue weighted by Crippen LogP contribution is 2.41. The lowest BCUT2D eigenvalue weighted by molar-refractivity contribution is -0.118. The monoisotopic (exact) mass is 474 g/mol. The molecule has 0 radical (unpaired) electrons. The van der Waals surface area contributed by atoms with E-state index < -0.39 is 0 Å². The zero-order chi connectivity index (χ0) is 24.4. The van der Waals surface area contributed by atoms with E-state index in [2.05, 4.69) is 6.07 Å². The van der Waals surface area contributed by atoms with E-state index in [-0.39, 0.29) is 23.2 Å². The van der Waals surface area contributed by atoms with E-state index in [9.17, 15) is 9.59 Å². The molecule has 1 amide bonds. The molecule has 0 saturated carbocycles. The summed E-state index contributed by atoms with van der Waals surface area (Å²) < 4.78 is 5.27. The van der Waals surface area contributed by atoms with Gasteiger partial charge in [0.25, 0.3) is 0 Å². The van der Waals surface area contributed by atoms with Crippen molar-refractivity contribution in [2.75, 3.05) is 10.6 Å². The van der Waals surface area contributed by atoms with Crippen LogP contribution in [0.1, 0.15) is 46.5 Å². The van der Waals surface area contributed by atoms with Crippen molar-refractivity contribution < 1.29 is 14.3 Å². The van der Waals surface area contributed by atoms with Crippen molar-refractivity contribution in [1.29, 1.82) is 0 Å². The normalized spacial score (nSPS) is 15.4. The van der Waals surface area contributed by atoms with Gasteiger partial charge in [0.2, 0.25) is 5.91 Å². The number of anilines is 2. The number of hydrogen-bond acceptors (Lipinski definition) is 5. The van der Waals surface area contributed by atoms with Gasteiger partial charge in [-0.15, -0.1) is 11.8 Å². The van der Waals surface area contributed by atoms with Crippen molar-refractivity contribution in [2.45, 2.75) is 56.9 Å². The fourth-order valence-corrected chi connectivity index (χ4v) is 5.54. The van der Waals surface area contributed by atoms with Crippen LogP contribution in [0.2, 0.25) is 0 Å². The highest BCUT2D eigenvalue weighted by Gasteiger charge is 2.34. The minimum Gasteiger partial charge on any atom is -0.459 e. The van der Waals surface area contributed by atoms with Gasteiger partial charge in [0.15, 0.2) is 0 Å². The fraction of sp³-hybridized carbons (Fsp3) is 0.286. The van der Waals surface area contributed by atoms with Gasteiger partial charge in [-0.2, -0.15) is 0 Å². The first-order valence-corrected chi connectivity index (χ1v) is 12.3. The SMILES string of the molecule is Cc1cc(N)cc(C)c1CN1C(=O)C(Cc2ccc(C(=O)OC(C)C)cc2)Sc2ccccc21. The van der Waals surface area contributed by atoms with Crippen molar-refractivity contribution >= 4 is 35.0 Å². The van der Waals surface area contributed by atoms with Crippen molar-refractivity contribution in [1.82, 2.24) is 0 Å². The lowest BCUT2D eigenvalue weighted by Crippen LogP contribution is -2.41. The molecule has 6 heteroatoms. The Hall–Kier alpha value is -3.25. The molecule has 1 aliphatic heterocycles. The molecule has 176 valence electrons. The molecule has 0 saturated heterocycles. The predicted molar refractivity (Wildman–Crippen MR) is 138 cm³/mol. The van der Waals surface area contributed by atoms with E-state index in [4.69, 9.17) is 10.5 Å². The smallest absolute Gasteiger partial charge is 0.338 e.